The van der Waals surface area contributed by atoms with E-state index in [4.69, 9.17) is 16.2 Å². The van der Waals surface area contributed by atoms with Crippen LogP contribution in [0.5, 0.6) is 0 Å². The average molecular weight is 402 g/mol. The number of halogens is 3. The minimum Gasteiger partial charge on any atom is -0.465 e. The molecule has 0 spiro atoms. The lowest BCUT2D eigenvalue weighted by molar-refractivity contribution is -0.142. The molecule has 146 valence electrons. The normalized spacial score (nSPS) is 12.7. The Hall–Kier alpha value is -2.53. The van der Waals surface area contributed by atoms with Crippen molar-refractivity contribution in [2.24, 2.45) is 18.5 Å². The summed E-state index contributed by atoms with van der Waals surface area (Å²) in [6.07, 6.45) is -5.26. The minimum atomic E-state index is -4.77. The van der Waals surface area contributed by atoms with E-state index >= 15 is 0 Å². The maximum atomic E-state index is 13.4. The van der Waals surface area contributed by atoms with E-state index in [-0.39, 0.29) is 16.2 Å². The maximum absolute atomic E-state index is 13.4. The van der Waals surface area contributed by atoms with Crippen molar-refractivity contribution in [3.8, 4) is 0 Å². The molecule has 0 bridgehead atoms. The van der Waals surface area contributed by atoms with Gasteiger partial charge in [0.1, 0.15) is 5.03 Å². The topological polar surface area (TPSA) is 113 Å². The van der Waals surface area contributed by atoms with E-state index in [1.165, 1.54) is 20.2 Å². The fraction of sp³-hybridized carbons (Fsp3) is 0.312. The fourth-order valence-corrected chi connectivity index (χ4v) is 3.59. The van der Waals surface area contributed by atoms with Crippen molar-refractivity contribution in [1.82, 2.24) is 9.78 Å². The number of ether oxygens (including phenoxy) is 1. The van der Waals surface area contributed by atoms with Crippen molar-refractivity contribution in [3.63, 3.8) is 0 Å². The largest absolute Gasteiger partial charge is 0.465 e. The van der Waals surface area contributed by atoms with E-state index in [0.717, 1.165) is 16.4 Å². The second-order valence-corrected chi connectivity index (χ2v) is 6.59. The Labute approximate surface area is 156 Å². The first-order valence-corrected chi connectivity index (χ1v) is 8.41. The van der Waals surface area contributed by atoms with Gasteiger partial charge in [-0.3, -0.25) is 9.48 Å². The van der Waals surface area contributed by atoms with Crippen molar-refractivity contribution in [1.29, 1.82) is 0 Å². The molecule has 1 unspecified atom stereocenters. The van der Waals surface area contributed by atoms with Gasteiger partial charge in [0.2, 0.25) is 5.91 Å². The van der Waals surface area contributed by atoms with Crippen LogP contribution in [0.15, 0.2) is 34.2 Å². The van der Waals surface area contributed by atoms with Crippen molar-refractivity contribution < 1.29 is 27.5 Å². The van der Waals surface area contributed by atoms with E-state index in [1.807, 2.05) is 0 Å². The molecule has 0 saturated carbocycles. The molecule has 0 aliphatic heterocycles. The number of carbonyl (C=O) groups excluding carboxylic acids is 2. The summed E-state index contributed by atoms with van der Waals surface area (Å²) in [6, 6.07) is 4.96. The highest BCUT2D eigenvalue weighted by molar-refractivity contribution is 7.99. The van der Waals surface area contributed by atoms with Crippen LogP contribution in [-0.2, 0) is 22.8 Å². The molecular formula is C16H17F3N4O3S. The SMILES string of the molecule is COC(=O)c1ccccc1Sc1c(C(N)CC(N)=O)c(C(F)(F)F)nn1C. The number of amides is 1. The number of esters is 1. The molecule has 0 aliphatic rings. The number of methoxy groups -OCH3 is 1. The van der Waals surface area contributed by atoms with Crippen LogP contribution < -0.4 is 11.5 Å². The molecule has 1 aromatic heterocycles. The van der Waals surface area contributed by atoms with Crippen LogP contribution in [0.2, 0.25) is 0 Å². The molecule has 11 heteroatoms. The molecule has 2 aromatic rings. The zero-order chi connectivity index (χ0) is 20.4. The third-order valence-corrected chi connectivity index (χ3v) is 4.84. The molecule has 1 aromatic carbocycles. The Balaban J connectivity index is 2.59. The molecular weight excluding hydrogens is 385 g/mol. The van der Waals surface area contributed by atoms with Gasteiger partial charge in [0.15, 0.2) is 5.69 Å². The number of alkyl halides is 3. The highest BCUT2D eigenvalue weighted by atomic mass is 32.2. The Morgan fingerprint density at radius 2 is 1.96 bits per heavy atom. The minimum absolute atomic E-state index is 0.0485. The van der Waals surface area contributed by atoms with E-state index in [1.54, 1.807) is 18.2 Å². The van der Waals surface area contributed by atoms with Gasteiger partial charge in [-0.25, -0.2) is 4.79 Å². The molecule has 1 atom stereocenters. The van der Waals surface area contributed by atoms with Crippen LogP contribution >= 0.6 is 11.8 Å². The smallest absolute Gasteiger partial charge is 0.435 e. The quantitative estimate of drug-likeness (QED) is 0.717. The Kier molecular flexibility index (Phi) is 6.16. The van der Waals surface area contributed by atoms with Gasteiger partial charge in [0, 0.05) is 30.0 Å². The number of rotatable bonds is 6. The van der Waals surface area contributed by atoms with E-state index in [0.29, 0.717) is 4.90 Å². The monoisotopic (exact) mass is 402 g/mol. The van der Waals surface area contributed by atoms with Gasteiger partial charge in [-0.1, -0.05) is 23.9 Å². The first kappa shape index (κ1) is 20.8. The van der Waals surface area contributed by atoms with Gasteiger partial charge < -0.3 is 16.2 Å². The third kappa shape index (κ3) is 4.61. The lowest BCUT2D eigenvalue weighted by Crippen LogP contribution is -2.23. The van der Waals surface area contributed by atoms with E-state index < -0.39 is 36.2 Å². The summed E-state index contributed by atoms with van der Waals surface area (Å²) >= 11 is 0.871. The Morgan fingerprint density at radius 1 is 1.33 bits per heavy atom. The van der Waals surface area contributed by atoms with Crippen molar-refractivity contribution in [2.75, 3.05) is 7.11 Å². The van der Waals surface area contributed by atoms with Crippen LogP contribution in [0, 0.1) is 0 Å². The van der Waals surface area contributed by atoms with Gasteiger partial charge >= 0.3 is 12.1 Å². The molecule has 1 amide bonds. The van der Waals surface area contributed by atoms with Gasteiger partial charge in [-0.05, 0) is 12.1 Å². The van der Waals surface area contributed by atoms with Crippen LogP contribution in [0.1, 0.15) is 34.1 Å². The summed E-state index contributed by atoms with van der Waals surface area (Å²) < 4.78 is 45.9. The highest BCUT2D eigenvalue weighted by Crippen LogP contribution is 2.42. The third-order valence-electron chi connectivity index (χ3n) is 3.59. The maximum Gasteiger partial charge on any atom is 0.435 e. The number of aryl methyl sites for hydroxylation is 1. The molecule has 27 heavy (non-hydrogen) atoms. The number of nitrogens with two attached hydrogens (primary N) is 2. The van der Waals surface area contributed by atoms with Crippen LogP contribution in [0.25, 0.3) is 0 Å². The summed E-state index contributed by atoms with van der Waals surface area (Å²) in [6.45, 7) is 0. The van der Waals surface area contributed by atoms with Crippen molar-refractivity contribution in [2.45, 2.75) is 28.6 Å². The van der Waals surface area contributed by atoms with E-state index in [9.17, 15) is 22.8 Å². The molecule has 2 rings (SSSR count). The number of benzene rings is 1. The number of aromatic nitrogens is 2. The van der Waals surface area contributed by atoms with Crippen molar-refractivity contribution >= 4 is 23.6 Å². The summed E-state index contributed by atoms with van der Waals surface area (Å²) in [5.74, 6) is -1.48. The number of carbonyl (C=O) groups is 2. The standard InChI is InChI=1S/C16H17F3N4O3S/c1-23-14(27-10-6-4-3-5-8(10)15(25)26-2)12(9(20)7-11(21)24)13(22-23)16(17,18)19/h3-6,9H,7,20H2,1-2H3,(H2,21,24). The lowest BCUT2D eigenvalue weighted by atomic mass is 10.0. The number of nitrogens with zero attached hydrogens (tertiary/aromatic N) is 2. The van der Waals surface area contributed by atoms with Crippen LogP contribution in [0.4, 0.5) is 13.2 Å². The molecule has 1 heterocycles. The highest BCUT2D eigenvalue weighted by Gasteiger charge is 2.41. The van der Waals surface area contributed by atoms with Gasteiger partial charge in [0.25, 0.3) is 0 Å². The Bertz CT molecular complexity index is 867. The van der Waals surface area contributed by atoms with Crippen molar-refractivity contribution in [3.05, 3.63) is 41.1 Å². The number of primary amides is 1. The van der Waals surface area contributed by atoms with Gasteiger partial charge in [-0.15, -0.1) is 0 Å². The van der Waals surface area contributed by atoms with E-state index in [2.05, 4.69) is 5.10 Å². The van der Waals surface area contributed by atoms with Gasteiger partial charge in [0.05, 0.1) is 12.7 Å². The summed E-state index contributed by atoms with van der Waals surface area (Å²) in [5, 5.41) is 3.57. The Morgan fingerprint density at radius 3 is 2.52 bits per heavy atom. The second-order valence-electron chi connectivity index (χ2n) is 5.56. The first-order valence-electron chi connectivity index (χ1n) is 7.59. The second kappa shape index (κ2) is 8.01. The van der Waals surface area contributed by atoms with Crippen LogP contribution in [-0.4, -0.2) is 28.8 Å². The zero-order valence-corrected chi connectivity index (χ0v) is 15.2. The fourth-order valence-electron chi connectivity index (χ4n) is 2.45. The molecule has 7 nitrogen and oxygen atoms in total. The molecule has 0 aliphatic carbocycles. The predicted molar refractivity (Wildman–Crippen MR) is 90.9 cm³/mol. The number of hydrogen-bond acceptors (Lipinski definition) is 6. The average Bonchev–Trinajstić information content (AvgIpc) is 2.91. The summed E-state index contributed by atoms with van der Waals surface area (Å²) in [5.41, 5.74) is 9.54. The summed E-state index contributed by atoms with van der Waals surface area (Å²) in [7, 11) is 2.52. The lowest BCUT2D eigenvalue weighted by Gasteiger charge is -2.15. The first-order chi connectivity index (χ1) is 12.6. The molecule has 0 radical (unpaired) electrons. The number of hydrogen-bond donors (Lipinski definition) is 2. The molecule has 0 fully saturated rings. The molecule has 4 N–H and O–H groups in total. The zero-order valence-electron chi connectivity index (χ0n) is 14.4. The van der Waals surface area contributed by atoms with Gasteiger partial charge in [-0.2, -0.15) is 18.3 Å². The summed E-state index contributed by atoms with van der Waals surface area (Å²) in [4.78, 5) is 23.4. The predicted octanol–water partition coefficient (Wildman–Crippen LogP) is 2.25. The molecule has 0 saturated heterocycles. The van der Waals surface area contributed by atoms with Crippen LogP contribution in [0.3, 0.4) is 0 Å².